The summed E-state index contributed by atoms with van der Waals surface area (Å²) in [6.07, 6.45) is 0. The number of aromatic nitrogens is 3. The zero-order valence-electron chi connectivity index (χ0n) is 15.5. The van der Waals surface area contributed by atoms with E-state index < -0.39 is 0 Å². The molecule has 1 aromatic heterocycles. The smallest absolute Gasteiger partial charge is 0.351 e. The molecule has 1 saturated heterocycles. The summed E-state index contributed by atoms with van der Waals surface area (Å²) in [5.41, 5.74) is 9.00. The number of nitrogens with zero attached hydrogens (tertiary/aromatic N) is 3. The lowest BCUT2D eigenvalue weighted by molar-refractivity contribution is 0.406. The molecule has 7 nitrogen and oxygen atoms in total. The first-order valence-electron chi connectivity index (χ1n) is 9.02. The minimum atomic E-state index is -0.157. The molecule has 140 valence electrons. The number of hydrogen-bond donors (Lipinski definition) is 2. The Hall–Kier alpha value is -2.90. The number of aryl methyl sites for hydroxylation is 1. The summed E-state index contributed by atoms with van der Waals surface area (Å²) in [6, 6.07) is 15.7. The fourth-order valence-electron chi connectivity index (χ4n) is 3.46. The van der Waals surface area contributed by atoms with Gasteiger partial charge < -0.3 is 4.74 Å². The minimum absolute atomic E-state index is 0.157. The highest BCUT2D eigenvalue weighted by atomic mass is 16.5. The summed E-state index contributed by atoms with van der Waals surface area (Å²) >= 11 is 0. The van der Waals surface area contributed by atoms with Gasteiger partial charge in [-0.1, -0.05) is 36.4 Å². The summed E-state index contributed by atoms with van der Waals surface area (Å²) in [6.45, 7) is 4.05. The van der Waals surface area contributed by atoms with Crippen molar-refractivity contribution in [2.24, 2.45) is 0 Å². The standard InChI is InChI=1S/C20H23N5O2/c1-14-23-25(20(26)24(14)13-15-6-4-3-5-7-15)17-8-9-18(19(10-17)27-2)16-11-21-22-12-16/h3-10,16,21-22H,11-13H2,1-2H3. The Bertz CT molecular complexity index is 987. The Morgan fingerprint density at radius 2 is 1.89 bits per heavy atom. The zero-order valence-corrected chi connectivity index (χ0v) is 15.5. The number of hydrazine groups is 1. The van der Waals surface area contributed by atoms with Crippen molar-refractivity contribution in [1.29, 1.82) is 0 Å². The topological polar surface area (TPSA) is 73.1 Å². The molecule has 1 aliphatic rings. The van der Waals surface area contributed by atoms with E-state index in [0.29, 0.717) is 24.0 Å². The predicted molar refractivity (Wildman–Crippen MR) is 103 cm³/mol. The zero-order chi connectivity index (χ0) is 18.8. The molecule has 0 spiro atoms. The van der Waals surface area contributed by atoms with E-state index in [4.69, 9.17) is 4.74 Å². The molecule has 2 aromatic carbocycles. The van der Waals surface area contributed by atoms with Crippen molar-refractivity contribution in [2.75, 3.05) is 20.2 Å². The third-order valence-electron chi connectivity index (χ3n) is 4.95. The molecule has 0 saturated carbocycles. The molecular weight excluding hydrogens is 342 g/mol. The van der Waals surface area contributed by atoms with E-state index in [9.17, 15) is 4.79 Å². The average molecular weight is 365 g/mol. The minimum Gasteiger partial charge on any atom is -0.496 e. The first kappa shape index (κ1) is 17.5. The molecule has 0 amide bonds. The van der Waals surface area contributed by atoms with Gasteiger partial charge in [0, 0.05) is 25.1 Å². The van der Waals surface area contributed by atoms with Crippen LogP contribution in [0.5, 0.6) is 5.75 Å². The predicted octanol–water partition coefficient (Wildman–Crippen LogP) is 1.59. The van der Waals surface area contributed by atoms with Gasteiger partial charge in [0.2, 0.25) is 0 Å². The Morgan fingerprint density at radius 1 is 1.15 bits per heavy atom. The highest BCUT2D eigenvalue weighted by Gasteiger charge is 2.21. The summed E-state index contributed by atoms with van der Waals surface area (Å²) in [7, 11) is 1.65. The van der Waals surface area contributed by atoms with Crippen LogP contribution in [0.15, 0.2) is 53.3 Å². The van der Waals surface area contributed by atoms with Gasteiger partial charge in [-0.05, 0) is 24.1 Å². The number of hydrogen-bond acceptors (Lipinski definition) is 5. The van der Waals surface area contributed by atoms with Crippen molar-refractivity contribution in [3.63, 3.8) is 0 Å². The van der Waals surface area contributed by atoms with Gasteiger partial charge in [0.1, 0.15) is 11.6 Å². The molecule has 0 unspecified atom stereocenters. The third-order valence-corrected chi connectivity index (χ3v) is 4.95. The van der Waals surface area contributed by atoms with Crippen LogP contribution in [0.3, 0.4) is 0 Å². The van der Waals surface area contributed by atoms with E-state index >= 15 is 0 Å². The second kappa shape index (κ2) is 7.38. The fraction of sp³-hybridized carbons (Fsp3) is 0.300. The van der Waals surface area contributed by atoms with Crippen LogP contribution in [0, 0.1) is 6.92 Å². The molecule has 0 bridgehead atoms. The molecule has 2 N–H and O–H groups in total. The number of nitrogens with one attached hydrogen (secondary N) is 2. The van der Waals surface area contributed by atoms with Gasteiger partial charge in [-0.15, -0.1) is 0 Å². The van der Waals surface area contributed by atoms with Crippen LogP contribution >= 0.6 is 0 Å². The van der Waals surface area contributed by atoms with Gasteiger partial charge >= 0.3 is 5.69 Å². The Kier molecular flexibility index (Phi) is 4.79. The number of rotatable bonds is 5. The van der Waals surface area contributed by atoms with Crippen LogP contribution in [-0.4, -0.2) is 34.5 Å². The van der Waals surface area contributed by atoms with E-state index in [1.165, 1.54) is 4.68 Å². The van der Waals surface area contributed by atoms with Crippen LogP contribution in [0.2, 0.25) is 0 Å². The van der Waals surface area contributed by atoms with Crippen LogP contribution < -0.4 is 21.3 Å². The van der Waals surface area contributed by atoms with Crippen LogP contribution in [0.1, 0.15) is 22.9 Å². The van der Waals surface area contributed by atoms with Crippen molar-refractivity contribution < 1.29 is 4.74 Å². The maximum atomic E-state index is 12.9. The van der Waals surface area contributed by atoms with Crippen molar-refractivity contribution in [1.82, 2.24) is 25.2 Å². The SMILES string of the molecule is COc1cc(-n2nc(C)n(Cc3ccccc3)c2=O)ccc1C1CNNC1. The fourth-order valence-corrected chi connectivity index (χ4v) is 3.46. The normalized spacial score (nSPS) is 14.6. The third kappa shape index (κ3) is 3.39. The summed E-state index contributed by atoms with van der Waals surface area (Å²) in [5, 5.41) is 4.47. The maximum Gasteiger partial charge on any atom is 0.351 e. The molecule has 1 fully saturated rings. The molecule has 7 heteroatoms. The largest absolute Gasteiger partial charge is 0.496 e. The Morgan fingerprint density at radius 3 is 2.59 bits per heavy atom. The van der Waals surface area contributed by atoms with Crippen LogP contribution in [0.25, 0.3) is 5.69 Å². The van der Waals surface area contributed by atoms with Gasteiger partial charge in [-0.2, -0.15) is 9.78 Å². The molecule has 2 heterocycles. The van der Waals surface area contributed by atoms with Gasteiger partial charge in [0.25, 0.3) is 0 Å². The van der Waals surface area contributed by atoms with Crippen molar-refractivity contribution in [2.45, 2.75) is 19.4 Å². The molecule has 1 aliphatic heterocycles. The molecule has 3 aromatic rings. The highest BCUT2D eigenvalue weighted by molar-refractivity contribution is 5.46. The van der Waals surface area contributed by atoms with Crippen molar-refractivity contribution in [3.8, 4) is 11.4 Å². The molecule has 0 radical (unpaired) electrons. The molecule has 0 atom stereocenters. The van der Waals surface area contributed by atoms with Gasteiger partial charge in [0.15, 0.2) is 0 Å². The Labute approximate surface area is 157 Å². The monoisotopic (exact) mass is 365 g/mol. The van der Waals surface area contributed by atoms with Gasteiger partial charge in [-0.25, -0.2) is 4.79 Å². The molecular formula is C20H23N5O2. The van der Waals surface area contributed by atoms with Crippen molar-refractivity contribution >= 4 is 0 Å². The molecule has 4 rings (SSSR count). The average Bonchev–Trinajstić information content (AvgIpc) is 3.32. The van der Waals surface area contributed by atoms with E-state index in [0.717, 1.165) is 30.0 Å². The van der Waals surface area contributed by atoms with Gasteiger partial charge in [0.05, 0.1) is 19.3 Å². The lowest BCUT2D eigenvalue weighted by Gasteiger charge is -2.14. The molecule has 27 heavy (non-hydrogen) atoms. The number of ether oxygens (including phenoxy) is 1. The number of benzene rings is 2. The lowest BCUT2D eigenvalue weighted by Crippen LogP contribution is -2.24. The first-order chi connectivity index (χ1) is 13.2. The molecule has 0 aliphatic carbocycles. The van der Waals surface area contributed by atoms with E-state index in [1.807, 2.05) is 55.5 Å². The summed E-state index contributed by atoms with van der Waals surface area (Å²) in [5.74, 6) is 1.78. The van der Waals surface area contributed by atoms with E-state index in [-0.39, 0.29) is 5.69 Å². The van der Waals surface area contributed by atoms with Crippen LogP contribution in [-0.2, 0) is 6.54 Å². The second-order valence-corrected chi connectivity index (χ2v) is 6.70. The second-order valence-electron chi connectivity index (χ2n) is 6.70. The quantitative estimate of drug-likeness (QED) is 0.718. The summed E-state index contributed by atoms with van der Waals surface area (Å²) in [4.78, 5) is 12.9. The van der Waals surface area contributed by atoms with Crippen LogP contribution in [0.4, 0.5) is 0 Å². The number of methoxy groups -OCH3 is 1. The van der Waals surface area contributed by atoms with E-state index in [2.05, 4.69) is 16.0 Å². The lowest BCUT2D eigenvalue weighted by atomic mass is 9.99. The summed E-state index contributed by atoms with van der Waals surface area (Å²) < 4.78 is 8.71. The van der Waals surface area contributed by atoms with Crippen molar-refractivity contribution in [3.05, 3.63) is 76.0 Å². The first-order valence-corrected chi connectivity index (χ1v) is 9.02. The highest BCUT2D eigenvalue weighted by Crippen LogP contribution is 2.29. The Balaban J connectivity index is 1.69. The van der Waals surface area contributed by atoms with Gasteiger partial charge in [-0.3, -0.25) is 15.4 Å². The maximum absolute atomic E-state index is 12.9. The van der Waals surface area contributed by atoms with E-state index in [1.54, 1.807) is 11.7 Å².